The molecule has 0 fully saturated rings. The molecule has 1 aromatic rings. The first kappa shape index (κ1) is 12.9. The molecule has 0 bridgehead atoms. The van der Waals surface area contributed by atoms with Crippen molar-refractivity contribution < 1.29 is 18.1 Å². The average molecular weight is 247 g/mol. The molecule has 0 spiro atoms. The van der Waals surface area contributed by atoms with Gasteiger partial charge in [-0.2, -0.15) is 18.3 Å². The van der Waals surface area contributed by atoms with Crippen LogP contribution >= 0.6 is 0 Å². The lowest BCUT2D eigenvalue weighted by atomic mass is 10.1. The predicted molar refractivity (Wildman–Crippen MR) is 55.9 cm³/mol. The van der Waals surface area contributed by atoms with Crippen molar-refractivity contribution in [2.45, 2.75) is 13.1 Å². The predicted octanol–water partition coefficient (Wildman–Crippen LogP) is 3.03. The van der Waals surface area contributed by atoms with Gasteiger partial charge in [0.15, 0.2) is 0 Å². The molecule has 5 nitrogen and oxygen atoms in total. The molecule has 1 aromatic carbocycles. The van der Waals surface area contributed by atoms with E-state index in [1.54, 1.807) is 6.92 Å². The Balaban J connectivity index is 3.22. The SMILES string of the molecule is CC=NNc1ccc(C(F)(F)F)cc1[N+](=O)[O-]. The molecule has 0 radical (unpaired) electrons. The molecular weight excluding hydrogens is 239 g/mol. The zero-order valence-electron chi connectivity index (χ0n) is 8.65. The number of rotatable bonds is 3. The summed E-state index contributed by atoms with van der Waals surface area (Å²) in [4.78, 5) is 9.71. The minimum atomic E-state index is -4.61. The number of hydrogen-bond acceptors (Lipinski definition) is 4. The Hall–Kier alpha value is -2.12. The Morgan fingerprint density at radius 3 is 2.59 bits per heavy atom. The molecule has 0 aromatic heterocycles. The highest BCUT2D eigenvalue weighted by atomic mass is 19.4. The van der Waals surface area contributed by atoms with Crippen LogP contribution in [0.5, 0.6) is 0 Å². The van der Waals surface area contributed by atoms with E-state index in [2.05, 4.69) is 10.5 Å². The fraction of sp³-hybridized carbons (Fsp3) is 0.222. The number of nitro benzene ring substituents is 1. The number of nitrogens with one attached hydrogen (secondary N) is 1. The molecule has 0 unspecified atom stereocenters. The quantitative estimate of drug-likeness (QED) is 0.507. The van der Waals surface area contributed by atoms with E-state index in [4.69, 9.17) is 0 Å². The molecule has 0 saturated carbocycles. The molecule has 0 aliphatic rings. The topological polar surface area (TPSA) is 67.5 Å². The number of hydrogen-bond donors (Lipinski definition) is 1. The highest BCUT2D eigenvalue weighted by molar-refractivity contribution is 5.64. The van der Waals surface area contributed by atoms with Crippen LogP contribution in [0, 0.1) is 10.1 Å². The maximum Gasteiger partial charge on any atom is 0.416 e. The van der Waals surface area contributed by atoms with Gasteiger partial charge < -0.3 is 0 Å². The first-order chi connectivity index (χ1) is 7.86. The normalized spacial score (nSPS) is 11.8. The number of benzene rings is 1. The molecule has 0 heterocycles. The Morgan fingerprint density at radius 2 is 2.12 bits per heavy atom. The van der Waals surface area contributed by atoms with E-state index in [0.717, 1.165) is 12.1 Å². The van der Waals surface area contributed by atoms with Gasteiger partial charge in [-0.05, 0) is 19.1 Å². The summed E-state index contributed by atoms with van der Waals surface area (Å²) in [6.45, 7) is 1.56. The maximum absolute atomic E-state index is 12.3. The second kappa shape index (κ2) is 4.81. The second-order valence-corrected chi connectivity index (χ2v) is 2.99. The van der Waals surface area contributed by atoms with Gasteiger partial charge >= 0.3 is 6.18 Å². The van der Waals surface area contributed by atoms with Crippen LogP contribution in [0.2, 0.25) is 0 Å². The van der Waals surface area contributed by atoms with Crippen molar-refractivity contribution >= 4 is 17.6 Å². The first-order valence-corrected chi connectivity index (χ1v) is 4.45. The first-order valence-electron chi connectivity index (χ1n) is 4.45. The van der Waals surface area contributed by atoms with Crippen molar-refractivity contribution in [2.75, 3.05) is 5.43 Å². The average Bonchev–Trinajstić information content (AvgIpc) is 2.24. The standard InChI is InChI=1S/C9H8F3N3O2/c1-2-13-14-7-4-3-6(9(10,11)12)5-8(7)15(16)17/h2-5,14H,1H3. The Kier molecular flexibility index (Phi) is 3.66. The molecule has 0 amide bonds. The van der Waals surface area contributed by atoms with Crippen molar-refractivity contribution in [3.05, 3.63) is 33.9 Å². The number of alkyl halides is 3. The third-order valence-electron chi connectivity index (χ3n) is 1.84. The summed E-state index contributed by atoms with van der Waals surface area (Å²) >= 11 is 0. The van der Waals surface area contributed by atoms with Gasteiger partial charge in [0.25, 0.3) is 5.69 Å². The summed E-state index contributed by atoms with van der Waals surface area (Å²) in [5.41, 5.74) is 0.438. The summed E-state index contributed by atoms with van der Waals surface area (Å²) in [6, 6.07) is 2.18. The number of anilines is 1. The molecule has 17 heavy (non-hydrogen) atoms. The monoisotopic (exact) mass is 247 g/mol. The molecule has 0 aliphatic carbocycles. The Labute approximate surface area is 94.1 Å². The molecular formula is C9H8F3N3O2. The minimum Gasteiger partial charge on any atom is -0.272 e. The largest absolute Gasteiger partial charge is 0.416 e. The van der Waals surface area contributed by atoms with Gasteiger partial charge in [0.2, 0.25) is 0 Å². The van der Waals surface area contributed by atoms with Crippen molar-refractivity contribution in [2.24, 2.45) is 5.10 Å². The fourth-order valence-corrected chi connectivity index (χ4v) is 1.09. The lowest BCUT2D eigenvalue weighted by Crippen LogP contribution is -2.06. The zero-order chi connectivity index (χ0) is 13.1. The van der Waals surface area contributed by atoms with Crippen molar-refractivity contribution in [3.8, 4) is 0 Å². The van der Waals surface area contributed by atoms with Crippen LogP contribution in [-0.4, -0.2) is 11.1 Å². The number of halogens is 3. The fourth-order valence-electron chi connectivity index (χ4n) is 1.09. The van der Waals surface area contributed by atoms with Crippen molar-refractivity contribution in [3.63, 3.8) is 0 Å². The molecule has 8 heteroatoms. The van der Waals surface area contributed by atoms with Gasteiger partial charge in [-0.1, -0.05) is 0 Å². The third kappa shape index (κ3) is 3.16. The van der Waals surface area contributed by atoms with Gasteiger partial charge in [-0.15, -0.1) is 0 Å². The lowest BCUT2D eigenvalue weighted by molar-refractivity contribution is -0.384. The highest BCUT2D eigenvalue weighted by Gasteiger charge is 2.32. The van der Waals surface area contributed by atoms with Crippen LogP contribution < -0.4 is 5.43 Å². The molecule has 0 saturated heterocycles. The summed E-state index contributed by atoms with van der Waals surface area (Å²) in [5.74, 6) is 0. The van der Waals surface area contributed by atoms with Crippen LogP contribution in [-0.2, 0) is 6.18 Å². The molecule has 1 rings (SSSR count). The van der Waals surface area contributed by atoms with E-state index in [-0.39, 0.29) is 5.69 Å². The molecule has 0 aliphatic heterocycles. The number of nitrogens with zero attached hydrogens (tertiary/aromatic N) is 2. The number of hydrazone groups is 1. The van der Waals surface area contributed by atoms with E-state index in [1.807, 2.05) is 0 Å². The van der Waals surface area contributed by atoms with Crippen LogP contribution in [0.15, 0.2) is 23.3 Å². The van der Waals surface area contributed by atoms with E-state index in [9.17, 15) is 23.3 Å². The number of nitro groups is 1. The van der Waals surface area contributed by atoms with Crippen molar-refractivity contribution in [1.29, 1.82) is 0 Å². The summed E-state index contributed by atoms with van der Waals surface area (Å²) in [6.07, 6.45) is -3.29. The third-order valence-corrected chi connectivity index (χ3v) is 1.84. The van der Waals surface area contributed by atoms with E-state index < -0.39 is 22.4 Å². The second-order valence-electron chi connectivity index (χ2n) is 2.99. The highest BCUT2D eigenvalue weighted by Crippen LogP contribution is 2.34. The van der Waals surface area contributed by atoms with E-state index in [1.165, 1.54) is 6.21 Å². The maximum atomic E-state index is 12.3. The van der Waals surface area contributed by atoms with Gasteiger partial charge in [-0.25, -0.2) is 0 Å². The lowest BCUT2D eigenvalue weighted by Gasteiger charge is -2.08. The van der Waals surface area contributed by atoms with E-state index >= 15 is 0 Å². The van der Waals surface area contributed by atoms with Crippen LogP contribution in [0.25, 0.3) is 0 Å². The van der Waals surface area contributed by atoms with Gasteiger partial charge in [0, 0.05) is 12.3 Å². The van der Waals surface area contributed by atoms with Crippen LogP contribution in [0.1, 0.15) is 12.5 Å². The van der Waals surface area contributed by atoms with Crippen LogP contribution in [0.3, 0.4) is 0 Å². The summed E-state index contributed by atoms with van der Waals surface area (Å²) < 4.78 is 37.0. The Bertz CT molecular complexity index is 457. The summed E-state index contributed by atoms with van der Waals surface area (Å²) in [5, 5.41) is 14.1. The summed E-state index contributed by atoms with van der Waals surface area (Å²) in [7, 11) is 0. The van der Waals surface area contributed by atoms with Gasteiger partial charge in [0.1, 0.15) is 5.69 Å². The van der Waals surface area contributed by atoms with Gasteiger partial charge in [-0.3, -0.25) is 15.5 Å². The Morgan fingerprint density at radius 1 is 1.47 bits per heavy atom. The smallest absolute Gasteiger partial charge is 0.272 e. The van der Waals surface area contributed by atoms with Crippen LogP contribution in [0.4, 0.5) is 24.5 Å². The zero-order valence-corrected chi connectivity index (χ0v) is 8.65. The van der Waals surface area contributed by atoms with Crippen molar-refractivity contribution in [1.82, 2.24) is 0 Å². The molecule has 92 valence electrons. The molecule has 1 N–H and O–H groups in total. The van der Waals surface area contributed by atoms with E-state index in [0.29, 0.717) is 6.07 Å². The van der Waals surface area contributed by atoms with Gasteiger partial charge in [0.05, 0.1) is 10.5 Å². The minimum absolute atomic E-state index is 0.0962. The molecule has 0 atom stereocenters.